The van der Waals surface area contributed by atoms with Crippen LogP contribution in [0.4, 0.5) is 0 Å². The average molecular weight is 329 g/mol. The van der Waals surface area contributed by atoms with Gasteiger partial charge >= 0.3 is 0 Å². The molecule has 0 heterocycles. The Balaban J connectivity index is 0.00000441. The van der Waals surface area contributed by atoms with Gasteiger partial charge in [-0.2, -0.15) is 0 Å². The van der Waals surface area contributed by atoms with Crippen LogP contribution in [-0.2, 0) is 11.2 Å². The molecule has 0 aliphatic carbocycles. The number of halogens is 1. The molecule has 1 unspecified atom stereocenters. The molecular weight excluding hydrogens is 300 g/mol. The summed E-state index contributed by atoms with van der Waals surface area (Å²) >= 11 is 0. The summed E-state index contributed by atoms with van der Waals surface area (Å²) in [5.41, 5.74) is 6.45. The Labute approximate surface area is 140 Å². The lowest BCUT2D eigenvalue weighted by molar-refractivity contribution is -0.122. The molecule has 0 aliphatic rings. The van der Waals surface area contributed by atoms with Crippen LogP contribution >= 0.6 is 12.4 Å². The molecule has 0 aromatic heterocycles. The third-order valence-electron chi connectivity index (χ3n) is 3.35. The second-order valence-corrected chi connectivity index (χ2v) is 6.16. The van der Waals surface area contributed by atoms with E-state index >= 15 is 0 Å². The van der Waals surface area contributed by atoms with E-state index in [1.807, 2.05) is 38.1 Å². The predicted octanol–water partition coefficient (Wildman–Crippen LogP) is 2.93. The van der Waals surface area contributed by atoms with E-state index in [-0.39, 0.29) is 23.9 Å². The molecule has 0 aliphatic heterocycles. The molecule has 22 heavy (non-hydrogen) atoms. The minimum atomic E-state index is -0.337. The first-order valence-corrected chi connectivity index (χ1v) is 7.61. The van der Waals surface area contributed by atoms with Crippen LogP contribution in [0.2, 0.25) is 0 Å². The van der Waals surface area contributed by atoms with Gasteiger partial charge in [-0.15, -0.1) is 12.4 Å². The molecule has 0 saturated carbocycles. The first-order valence-electron chi connectivity index (χ1n) is 7.61. The number of hydrogen-bond acceptors (Lipinski definition) is 3. The molecule has 0 spiro atoms. The standard InChI is InChI=1S/C17H28N2O2.ClH/c1-5-21-15-8-6-14(7-9-15)10-16(20)19-17(4,12-18)11-13(2)3;/h6-9,13H,5,10-12,18H2,1-4H3,(H,19,20);1H. The predicted molar refractivity (Wildman–Crippen MR) is 93.6 cm³/mol. The number of hydrogen-bond donors (Lipinski definition) is 2. The molecule has 1 rings (SSSR count). The van der Waals surface area contributed by atoms with Gasteiger partial charge in [0.05, 0.1) is 13.0 Å². The topological polar surface area (TPSA) is 64.3 Å². The van der Waals surface area contributed by atoms with E-state index in [9.17, 15) is 4.79 Å². The van der Waals surface area contributed by atoms with Crippen molar-refractivity contribution in [1.82, 2.24) is 5.32 Å². The third-order valence-corrected chi connectivity index (χ3v) is 3.35. The van der Waals surface area contributed by atoms with Crippen molar-refractivity contribution in [3.8, 4) is 5.75 Å². The van der Waals surface area contributed by atoms with Crippen LogP contribution < -0.4 is 15.8 Å². The molecular formula is C17H29ClN2O2. The quantitative estimate of drug-likeness (QED) is 0.771. The van der Waals surface area contributed by atoms with E-state index in [4.69, 9.17) is 10.5 Å². The molecule has 4 nitrogen and oxygen atoms in total. The van der Waals surface area contributed by atoms with Gasteiger partial charge in [0.25, 0.3) is 0 Å². The average Bonchev–Trinajstić information content (AvgIpc) is 2.40. The minimum Gasteiger partial charge on any atom is -0.494 e. The van der Waals surface area contributed by atoms with Crippen LogP contribution in [0.3, 0.4) is 0 Å². The number of ether oxygens (including phenoxy) is 1. The maximum absolute atomic E-state index is 12.2. The highest BCUT2D eigenvalue weighted by atomic mass is 35.5. The summed E-state index contributed by atoms with van der Waals surface area (Å²) < 4.78 is 5.39. The largest absolute Gasteiger partial charge is 0.494 e. The van der Waals surface area contributed by atoms with Crippen LogP contribution in [-0.4, -0.2) is 24.6 Å². The summed E-state index contributed by atoms with van der Waals surface area (Å²) in [4.78, 5) is 12.2. The van der Waals surface area contributed by atoms with Crippen molar-refractivity contribution in [2.75, 3.05) is 13.2 Å². The van der Waals surface area contributed by atoms with Gasteiger partial charge in [0.15, 0.2) is 0 Å². The Hall–Kier alpha value is -1.26. The number of benzene rings is 1. The maximum atomic E-state index is 12.2. The fourth-order valence-electron chi connectivity index (χ4n) is 2.52. The number of nitrogens with one attached hydrogen (secondary N) is 1. The molecule has 1 aromatic carbocycles. The monoisotopic (exact) mass is 328 g/mol. The highest BCUT2D eigenvalue weighted by molar-refractivity contribution is 5.85. The summed E-state index contributed by atoms with van der Waals surface area (Å²) in [7, 11) is 0. The van der Waals surface area contributed by atoms with Crippen LogP contribution in [0, 0.1) is 5.92 Å². The zero-order valence-electron chi connectivity index (χ0n) is 14.0. The summed E-state index contributed by atoms with van der Waals surface area (Å²) in [5.74, 6) is 1.32. The Morgan fingerprint density at radius 3 is 2.36 bits per heavy atom. The summed E-state index contributed by atoms with van der Waals surface area (Å²) in [5, 5.41) is 3.07. The van der Waals surface area contributed by atoms with Crippen molar-refractivity contribution in [3.05, 3.63) is 29.8 Å². The van der Waals surface area contributed by atoms with Gasteiger partial charge in [-0.25, -0.2) is 0 Å². The number of amides is 1. The lowest BCUT2D eigenvalue weighted by Gasteiger charge is -2.31. The van der Waals surface area contributed by atoms with Crippen LogP contribution in [0.1, 0.15) is 39.7 Å². The van der Waals surface area contributed by atoms with Crippen molar-refractivity contribution in [2.24, 2.45) is 11.7 Å². The molecule has 0 bridgehead atoms. The zero-order chi connectivity index (χ0) is 15.9. The lowest BCUT2D eigenvalue weighted by Crippen LogP contribution is -2.52. The van der Waals surface area contributed by atoms with Gasteiger partial charge < -0.3 is 15.8 Å². The van der Waals surface area contributed by atoms with E-state index in [1.165, 1.54) is 0 Å². The van der Waals surface area contributed by atoms with Crippen molar-refractivity contribution in [3.63, 3.8) is 0 Å². The summed E-state index contributed by atoms with van der Waals surface area (Å²) in [6, 6.07) is 7.63. The number of nitrogens with two attached hydrogens (primary N) is 1. The van der Waals surface area contributed by atoms with Crippen LogP contribution in [0.5, 0.6) is 5.75 Å². The second kappa shape index (κ2) is 9.70. The van der Waals surface area contributed by atoms with Crippen molar-refractivity contribution < 1.29 is 9.53 Å². The van der Waals surface area contributed by atoms with Crippen LogP contribution in [0.15, 0.2) is 24.3 Å². The Kier molecular flexibility index (Phi) is 9.14. The Morgan fingerprint density at radius 1 is 1.32 bits per heavy atom. The van der Waals surface area contributed by atoms with Gasteiger partial charge in [0, 0.05) is 12.1 Å². The third kappa shape index (κ3) is 7.14. The van der Waals surface area contributed by atoms with E-state index in [0.29, 0.717) is 25.5 Å². The van der Waals surface area contributed by atoms with Gasteiger partial charge in [0.1, 0.15) is 5.75 Å². The number of rotatable bonds is 8. The molecule has 0 radical (unpaired) electrons. The van der Waals surface area contributed by atoms with E-state index in [2.05, 4.69) is 19.2 Å². The lowest BCUT2D eigenvalue weighted by atomic mass is 9.90. The summed E-state index contributed by atoms with van der Waals surface area (Å²) in [6.07, 6.45) is 1.23. The fraction of sp³-hybridized carbons (Fsp3) is 0.588. The van der Waals surface area contributed by atoms with Crippen LogP contribution in [0.25, 0.3) is 0 Å². The maximum Gasteiger partial charge on any atom is 0.224 e. The molecule has 1 amide bonds. The van der Waals surface area contributed by atoms with E-state index in [0.717, 1.165) is 17.7 Å². The van der Waals surface area contributed by atoms with E-state index in [1.54, 1.807) is 0 Å². The molecule has 3 N–H and O–H groups in total. The Bertz CT molecular complexity index is 448. The molecule has 1 aromatic rings. The number of carbonyl (C=O) groups is 1. The highest BCUT2D eigenvalue weighted by Crippen LogP contribution is 2.16. The molecule has 1 atom stereocenters. The van der Waals surface area contributed by atoms with Crippen molar-refractivity contribution in [2.45, 2.75) is 46.1 Å². The zero-order valence-corrected chi connectivity index (χ0v) is 14.8. The van der Waals surface area contributed by atoms with E-state index < -0.39 is 0 Å². The highest BCUT2D eigenvalue weighted by Gasteiger charge is 2.25. The first kappa shape index (κ1) is 20.7. The normalized spacial score (nSPS) is 13.2. The van der Waals surface area contributed by atoms with Crippen molar-refractivity contribution >= 4 is 18.3 Å². The first-order chi connectivity index (χ1) is 9.88. The fourth-order valence-corrected chi connectivity index (χ4v) is 2.52. The molecule has 5 heteroatoms. The van der Waals surface area contributed by atoms with Gasteiger partial charge in [0.2, 0.25) is 5.91 Å². The molecule has 0 saturated heterocycles. The van der Waals surface area contributed by atoms with Gasteiger partial charge in [-0.3, -0.25) is 4.79 Å². The van der Waals surface area contributed by atoms with Crippen molar-refractivity contribution in [1.29, 1.82) is 0 Å². The Morgan fingerprint density at radius 2 is 1.91 bits per heavy atom. The number of carbonyl (C=O) groups excluding carboxylic acids is 1. The minimum absolute atomic E-state index is 0. The second-order valence-electron chi connectivity index (χ2n) is 6.16. The van der Waals surface area contributed by atoms with Gasteiger partial charge in [-0.1, -0.05) is 26.0 Å². The molecule has 126 valence electrons. The van der Waals surface area contributed by atoms with Gasteiger partial charge in [-0.05, 0) is 43.9 Å². The summed E-state index contributed by atoms with van der Waals surface area (Å²) in [6.45, 7) is 9.30. The SMILES string of the molecule is CCOc1ccc(CC(=O)NC(C)(CN)CC(C)C)cc1.Cl. The molecule has 0 fully saturated rings. The smallest absolute Gasteiger partial charge is 0.224 e.